The first-order chi connectivity index (χ1) is 13.1. The third-order valence-corrected chi connectivity index (χ3v) is 3.59. The van der Waals surface area contributed by atoms with Crippen molar-refractivity contribution in [2.45, 2.75) is 13.2 Å². The highest BCUT2D eigenvalue weighted by atomic mass is 32.1. The van der Waals surface area contributed by atoms with Crippen molar-refractivity contribution in [2.75, 3.05) is 0 Å². The molecule has 0 aliphatic heterocycles. The molecule has 0 spiro atoms. The lowest BCUT2D eigenvalue weighted by atomic mass is 10.2. The summed E-state index contributed by atoms with van der Waals surface area (Å²) in [4.78, 5) is 0. The zero-order valence-corrected chi connectivity index (χ0v) is 15.1. The van der Waals surface area contributed by atoms with Crippen molar-refractivity contribution in [2.24, 2.45) is 10.8 Å². The van der Waals surface area contributed by atoms with E-state index in [0.717, 1.165) is 11.1 Å². The first-order valence-corrected chi connectivity index (χ1v) is 8.44. The van der Waals surface area contributed by atoms with Gasteiger partial charge in [-0.1, -0.05) is 17.3 Å². The van der Waals surface area contributed by atoms with Crippen molar-refractivity contribution in [3.8, 4) is 5.75 Å². The zero-order valence-electron chi connectivity index (χ0n) is 14.2. The van der Waals surface area contributed by atoms with Crippen molar-refractivity contribution in [1.29, 1.82) is 0 Å². The fourth-order valence-corrected chi connectivity index (χ4v) is 2.29. The number of ether oxygens (including phenoxy) is 1. The Morgan fingerprint density at radius 2 is 1.96 bits per heavy atom. The number of nitrogens with zero attached hydrogens (tertiary/aromatic N) is 4. The number of thiocarbonyl (C=S) groups is 1. The second-order valence-electron chi connectivity index (χ2n) is 5.63. The molecule has 27 heavy (non-hydrogen) atoms. The molecule has 3 aromatic rings. The summed E-state index contributed by atoms with van der Waals surface area (Å²) in [6, 6.07) is 13.6. The van der Waals surface area contributed by atoms with Gasteiger partial charge in [0.25, 0.3) is 0 Å². The summed E-state index contributed by atoms with van der Waals surface area (Å²) in [6.07, 6.45) is 3.40. The standard InChI is InChI=1S/C18H17FN6OS/c19-15-5-1-14(2-6-15)10-25-11-16(22-24-25)12-26-17-7-3-13(4-8-17)9-21-23-18(20)27/h1-9,11H,10,12H2,(H3,20,23,27)/b21-9+. The lowest BCUT2D eigenvalue weighted by Crippen LogP contribution is -2.23. The van der Waals surface area contributed by atoms with E-state index >= 15 is 0 Å². The largest absolute Gasteiger partial charge is 0.487 e. The van der Waals surface area contributed by atoms with E-state index in [2.05, 4.69) is 33.1 Å². The molecule has 0 unspecified atom stereocenters. The Kier molecular flexibility index (Phi) is 6.06. The van der Waals surface area contributed by atoms with Gasteiger partial charge in [0.05, 0.1) is 19.0 Å². The molecule has 3 rings (SSSR count). The van der Waals surface area contributed by atoms with Crippen molar-refractivity contribution in [3.05, 3.63) is 77.4 Å². The minimum Gasteiger partial charge on any atom is -0.487 e. The van der Waals surface area contributed by atoms with Crippen LogP contribution in [0.3, 0.4) is 0 Å². The molecule has 7 nitrogen and oxygen atoms in total. The van der Waals surface area contributed by atoms with Crippen LogP contribution in [0.1, 0.15) is 16.8 Å². The highest BCUT2D eigenvalue weighted by Crippen LogP contribution is 2.13. The average Bonchev–Trinajstić information content (AvgIpc) is 3.10. The number of nitrogens with one attached hydrogen (secondary N) is 1. The number of hydrogen-bond acceptors (Lipinski definition) is 5. The summed E-state index contributed by atoms with van der Waals surface area (Å²) < 4.78 is 20.3. The number of benzene rings is 2. The van der Waals surface area contributed by atoms with Gasteiger partial charge in [0.15, 0.2) is 5.11 Å². The molecule has 0 saturated heterocycles. The molecule has 0 aliphatic rings. The highest BCUT2D eigenvalue weighted by Gasteiger charge is 2.03. The van der Waals surface area contributed by atoms with Crippen LogP contribution in [0.15, 0.2) is 59.8 Å². The molecular formula is C18H17FN6OS. The third-order valence-electron chi connectivity index (χ3n) is 3.50. The van der Waals surface area contributed by atoms with Crippen molar-refractivity contribution < 1.29 is 9.13 Å². The monoisotopic (exact) mass is 384 g/mol. The van der Waals surface area contributed by atoms with Gasteiger partial charge >= 0.3 is 0 Å². The topological polar surface area (TPSA) is 90.3 Å². The fraction of sp³-hybridized carbons (Fsp3) is 0.111. The molecule has 1 aromatic heterocycles. The maximum absolute atomic E-state index is 12.9. The Bertz CT molecular complexity index is 924. The van der Waals surface area contributed by atoms with E-state index in [1.54, 1.807) is 29.2 Å². The first kappa shape index (κ1) is 18.5. The second kappa shape index (κ2) is 8.86. The van der Waals surface area contributed by atoms with Gasteiger partial charge in [-0.25, -0.2) is 9.07 Å². The van der Waals surface area contributed by atoms with Gasteiger partial charge in [0.2, 0.25) is 0 Å². The molecule has 0 fully saturated rings. The molecule has 0 radical (unpaired) electrons. The molecule has 0 aliphatic carbocycles. The summed E-state index contributed by atoms with van der Waals surface area (Å²) in [5.41, 5.74) is 10.3. The van der Waals surface area contributed by atoms with Gasteiger partial charge in [0, 0.05) is 0 Å². The summed E-state index contributed by atoms with van der Waals surface area (Å²) in [5, 5.41) is 12.1. The Labute approximate surface area is 160 Å². The predicted octanol–water partition coefficient (Wildman–Crippen LogP) is 2.21. The number of nitrogens with two attached hydrogens (primary N) is 1. The average molecular weight is 384 g/mol. The maximum Gasteiger partial charge on any atom is 0.184 e. The Morgan fingerprint density at radius 3 is 2.67 bits per heavy atom. The predicted molar refractivity (Wildman–Crippen MR) is 104 cm³/mol. The van der Waals surface area contributed by atoms with Crippen molar-refractivity contribution in [3.63, 3.8) is 0 Å². The zero-order chi connectivity index (χ0) is 19.1. The summed E-state index contributed by atoms with van der Waals surface area (Å²) >= 11 is 4.66. The van der Waals surface area contributed by atoms with E-state index in [-0.39, 0.29) is 10.9 Å². The molecule has 138 valence electrons. The SMILES string of the molecule is NC(=S)N/N=C/c1ccc(OCc2cn(Cc3ccc(F)cc3)nn2)cc1. The minimum absolute atomic E-state index is 0.110. The van der Waals surface area contributed by atoms with Crippen LogP contribution < -0.4 is 15.9 Å². The molecule has 0 bridgehead atoms. The van der Waals surface area contributed by atoms with Gasteiger partial charge in [-0.2, -0.15) is 5.10 Å². The van der Waals surface area contributed by atoms with Crippen LogP contribution in [0, 0.1) is 5.82 Å². The van der Waals surface area contributed by atoms with E-state index in [4.69, 9.17) is 10.5 Å². The van der Waals surface area contributed by atoms with E-state index < -0.39 is 0 Å². The quantitative estimate of drug-likeness (QED) is 0.369. The molecule has 1 heterocycles. The fourth-order valence-electron chi connectivity index (χ4n) is 2.24. The number of hydrogen-bond donors (Lipinski definition) is 2. The number of aromatic nitrogens is 3. The second-order valence-corrected chi connectivity index (χ2v) is 6.07. The lowest BCUT2D eigenvalue weighted by Gasteiger charge is -2.04. The Balaban J connectivity index is 1.51. The van der Waals surface area contributed by atoms with E-state index in [9.17, 15) is 4.39 Å². The normalized spacial score (nSPS) is 10.9. The molecule has 0 amide bonds. The van der Waals surface area contributed by atoms with Crippen LogP contribution in [0.4, 0.5) is 4.39 Å². The first-order valence-electron chi connectivity index (χ1n) is 8.03. The Hall–Kier alpha value is -3.33. The van der Waals surface area contributed by atoms with Crippen molar-refractivity contribution >= 4 is 23.5 Å². The summed E-state index contributed by atoms with van der Waals surface area (Å²) in [6.45, 7) is 0.807. The van der Waals surface area contributed by atoms with E-state index in [0.29, 0.717) is 24.6 Å². The minimum atomic E-state index is -0.261. The van der Waals surface area contributed by atoms with Crippen LogP contribution in [0.2, 0.25) is 0 Å². The lowest BCUT2D eigenvalue weighted by molar-refractivity contribution is 0.301. The van der Waals surface area contributed by atoms with E-state index in [1.807, 2.05) is 24.3 Å². The number of halogens is 1. The van der Waals surface area contributed by atoms with Gasteiger partial charge in [-0.15, -0.1) is 5.10 Å². The van der Waals surface area contributed by atoms with Crippen LogP contribution in [-0.2, 0) is 13.2 Å². The summed E-state index contributed by atoms with van der Waals surface area (Å²) in [7, 11) is 0. The third kappa shape index (κ3) is 5.86. The number of rotatable bonds is 7. The van der Waals surface area contributed by atoms with Crippen LogP contribution in [0.5, 0.6) is 5.75 Å². The summed E-state index contributed by atoms with van der Waals surface area (Å²) in [5.74, 6) is 0.436. The molecule has 3 N–H and O–H groups in total. The molecule has 0 atom stereocenters. The van der Waals surface area contributed by atoms with Gasteiger partial charge in [-0.3, -0.25) is 5.43 Å². The van der Waals surface area contributed by atoms with E-state index in [1.165, 1.54) is 12.1 Å². The van der Waals surface area contributed by atoms with Crippen LogP contribution >= 0.6 is 12.2 Å². The smallest absolute Gasteiger partial charge is 0.184 e. The van der Waals surface area contributed by atoms with Crippen LogP contribution in [0.25, 0.3) is 0 Å². The van der Waals surface area contributed by atoms with Crippen molar-refractivity contribution in [1.82, 2.24) is 20.4 Å². The van der Waals surface area contributed by atoms with Gasteiger partial charge in [0.1, 0.15) is 23.9 Å². The van der Waals surface area contributed by atoms with Crippen LogP contribution in [-0.4, -0.2) is 26.3 Å². The van der Waals surface area contributed by atoms with Gasteiger partial charge in [-0.05, 0) is 59.7 Å². The maximum atomic E-state index is 12.9. The molecule has 0 saturated carbocycles. The van der Waals surface area contributed by atoms with Gasteiger partial charge < -0.3 is 10.5 Å². The molecule has 9 heteroatoms. The molecular weight excluding hydrogens is 367 g/mol. The Morgan fingerprint density at radius 1 is 1.22 bits per heavy atom. The molecule has 2 aromatic carbocycles. The number of hydrazone groups is 1. The highest BCUT2D eigenvalue weighted by molar-refractivity contribution is 7.80.